The molecule has 0 heterocycles. The molecule has 1 aromatic carbocycles. The number of aryl methyl sites for hydroxylation is 1. The second kappa shape index (κ2) is 8.45. The molecular weight excluding hydrogens is 392 g/mol. The number of nitrogens with one attached hydrogen (secondary N) is 1. The van der Waals surface area contributed by atoms with Crippen LogP contribution in [0.1, 0.15) is 37.7 Å². The molecular formula is C17H25BrN2O3S. The summed E-state index contributed by atoms with van der Waals surface area (Å²) in [5.74, 6) is 0.0480. The number of likely N-dealkylation sites (N-methyl/N-ethyl adjacent to an activating group) is 1. The van der Waals surface area contributed by atoms with E-state index >= 15 is 0 Å². The normalized spacial score (nSPS) is 16.3. The average molecular weight is 417 g/mol. The lowest BCUT2D eigenvalue weighted by Gasteiger charge is -2.24. The third-order valence-corrected chi connectivity index (χ3v) is 6.94. The van der Waals surface area contributed by atoms with Crippen molar-refractivity contribution >= 4 is 37.5 Å². The van der Waals surface area contributed by atoms with Crippen LogP contribution in [0.15, 0.2) is 22.7 Å². The van der Waals surface area contributed by atoms with Gasteiger partial charge in [-0.1, -0.05) is 35.2 Å². The summed E-state index contributed by atoms with van der Waals surface area (Å²) in [6.07, 6.45) is 5.34. The summed E-state index contributed by atoms with van der Waals surface area (Å²) < 4.78 is 27.0. The molecule has 1 aliphatic carbocycles. The Labute approximate surface area is 153 Å². The maximum Gasteiger partial charge on any atom is 0.239 e. The lowest BCUT2D eigenvalue weighted by molar-refractivity contribution is -0.116. The number of carbonyl (C=O) groups excluding carboxylic acids is 1. The smallest absolute Gasteiger partial charge is 0.239 e. The van der Waals surface area contributed by atoms with Gasteiger partial charge < -0.3 is 5.32 Å². The van der Waals surface area contributed by atoms with Crippen molar-refractivity contribution in [3.63, 3.8) is 0 Å². The van der Waals surface area contributed by atoms with Crippen LogP contribution in [0.25, 0.3) is 0 Å². The standard InChI is InChI=1S/C17H25BrN2O3S/c1-13-10-15(18)8-9-16(13)19-17(21)11-20(2)24(22,23)12-14-6-4-3-5-7-14/h8-10,14H,3-7,11-12H2,1-2H3,(H,19,21). The lowest BCUT2D eigenvalue weighted by atomic mass is 9.91. The predicted octanol–water partition coefficient (Wildman–Crippen LogP) is 3.54. The Bertz CT molecular complexity index is 685. The highest BCUT2D eigenvalue weighted by molar-refractivity contribution is 9.10. The Hall–Kier alpha value is -0.920. The molecule has 0 aromatic heterocycles. The molecule has 7 heteroatoms. The predicted molar refractivity (Wildman–Crippen MR) is 101 cm³/mol. The number of hydrogen-bond acceptors (Lipinski definition) is 3. The largest absolute Gasteiger partial charge is 0.325 e. The third-order valence-electron chi connectivity index (χ3n) is 4.47. The molecule has 1 fully saturated rings. The van der Waals surface area contributed by atoms with Gasteiger partial charge in [0.15, 0.2) is 0 Å². The molecule has 0 saturated heterocycles. The number of amides is 1. The van der Waals surface area contributed by atoms with Crippen molar-refractivity contribution < 1.29 is 13.2 Å². The molecule has 0 spiro atoms. The van der Waals surface area contributed by atoms with Gasteiger partial charge in [0.25, 0.3) is 0 Å². The number of halogens is 1. The Kier molecular flexibility index (Phi) is 6.83. The summed E-state index contributed by atoms with van der Waals surface area (Å²) >= 11 is 3.38. The second-order valence-corrected chi connectivity index (χ2v) is 9.58. The Morgan fingerprint density at radius 3 is 2.58 bits per heavy atom. The minimum Gasteiger partial charge on any atom is -0.325 e. The molecule has 1 aromatic rings. The van der Waals surface area contributed by atoms with E-state index in [2.05, 4.69) is 21.2 Å². The van der Waals surface area contributed by atoms with E-state index in [9.17, 15) is 13.2 Å². The van der Waals surface area contributed by atoms with Crippen LogP contribution in [0.3, 0.4) is 0 Å². The minimum atomic E-state index is -3.40. The summed E-state index contributed by atoms with van der Waals surface area (Å²) in [4.78, 5) is 12.2. The van der Waals surface area contributed by atoms with E-state index in [1.54, 1.807) is 6.07 Å². The summed E-state index contributed by atoms with van der Waals surface area (Å²) in [5, 5.41) is 2.78. The molecule has 5 nitrogen and oxygen atoms in total. The van der Waals surface area contributed by atoms with Crippen molar-refractivity contribution in [1.29, 1.82) is 0 Å². The molecule has 0 atom stereocenters. The first kappa shape index (κ1) is 19.4. The highest BCUT2D eigenvalue weighted by atomic mass is 79.9. The first-order valence-corrected chi connectivity index (χ1v) is 10.7. The van der Waals surface area contributed by atoms with Gasteiger partial charge >= 0.3 is 0 Å². The van der Waals surface area contributed by atoms with Crippen LogP contribution in [-0.2, 0) is 14.8 Å². The number of sulfonamides is 1. The van der Waals surface area contributed by atoms with Crippen LogP contribution in [0, 0.1) is 12.8 Å². The number of rotatable bonds is 6. The average Bonchev–Trinajstić information content (AvgIpc) is 2.50. The third kappa shape index (κ3) is 5.57. The minimum absolute atomic E-state index is 0.147. The van der Waals surface area contributed by atoms with E-state index in [0.717, 1.165) is 35.7 Å². The number of hydrogen-bond donors (Lipinski definition) is 1. The van der Waals surface area contributed by atoms with Crippen LogP contribution in [0.2, 0.25) is 0 Å². The molecule has 0 unspecified atom stereocenters. The van der Waals surface area contributed by atoms with Gasteiger partial charge in [-0.25, -0.2) is 8.42 Å². The van der Waals surface area contributed by atoms with E-state index in [1.165, 1.54) is 17.8 Å². The topological polar surface area (TPSA) is 66.5 Å². The first-order valence-electron chi connectivity index (χ1n) is 8.28. The zero-order chi connectivity index (χ0) is 17.7. The Morgan fingerprint density at radius 2 is 1.96 bits per heavy atom. The van der Waals surface area contributed by atoms with Crippen molar-refractivity contribution in [3.8, 4) is 0 Å². The molecule has 134 valence electrons. The van der Waals surface area contributed by atoms with E-state index in [-0.39, 0.29) is 24.1 Å². The second-order valence-electron chi connectivity index (χ2n) is 6.55. The zero-order valence-electron chi connectivity index (χ0n) is 14.2. The fourth-order valence-electron chi connectivity index (χ4n) is 3.04. The van der Waals surface area contributed by atoms with Crippen molar-refractivity contribution in [1.82, 2.24) is 4.31 Å². The van der Waals surface area contributed by atoms with Gasteiger partial charge in [0.05, 0.1) is 12.3 Å². The van der Waals surface area contributed by atoms with Gasteiger partial charge in [0.2, 0.25) is 15.9 Å². The molecule has 1 aliphatic rings. The number of carbonyl (C=O) groups is 1. The van der Waals surface area contributed by atoms with Gasteiger partial charge in [-0.2, -0.15) is 4.31 Å². The molecule has 1 amide bonds. The molecule has 0 aliphatic heterocycles. The van der Waals surface area contributed by atoms with Gasteiger partial charge in [0, 0.05) is 17.2 Å². The van der Waals surface area contributed by atoms with Crippen LogP contribution < -0.4 is 5.32 Å². The molecule has 1 saturated carbocycles. The van der Waals surface area contributed by atoms with E-state index in [0.29, 0.717) is 5.69 Å². The first-order chi connectivity index (χ1) is 11.3. The number of nitrogens with zero attached hydrogens (tertiary/aromatic N) is 1. The lowest BCUT2D eigenvalue weighted by Crippen LogP contribution is -2.38. The van der Waals surface area contributed by atoms with Crippen molar-refractivity contribution in [2.24, 2.45) is 5.92 Å². The Balaban J connectivity index is 1.92. The SMILES string of the molecule is Cc1cc(Br)ccc1NC(=O)CN(C)S(=O)(=O)CC1CCCCC1. The van der Waals surface area contributed by atoms with Crippen LogP contribution in [0.4, 0.5) is 5.69 Å². The maximum absolute atomic E-state index is 12.4. The van der Waals surface area contributed by atoms with E-state index in [1.807, 2.05) is 19.1 Å². The van der Waals surface area contributed by atoms with Gasteiger partial charge in [0.1, 0.15) is 0 Å². The van der Waals surface area contributed by atoms with Crippen molar-refractivity contribution in [2.45, 2.75) is 39.0 Å². The van der Waals surface area contributed by atoms with Crippen LogP contribution in [0.5, 0.6) is 0 Å². The van der Waals surface area contributed by atoms with Crippen molar-refractivity contribution in [2.75, 3.05) is 24.7 Å². The summed E-state index contributed by atoms with van der Waals surface area (Å²) in [6, 6.07) is 5.54. The van der Waals surface area contributed by atoms with Gasteiger partial charge in [-0.15, -0.1) is 0 Å². The number of anilines is 1. The zero-order valence-corrected chi connectivity index (χ0v) is 16.6. The number of benzene rings is 1. The molecule has 1 N–H and O–H groups in total. The van der Waals surface area contributed by atoms with Crippen LogP contribution >= 0.6 is 15.9 Å². The van der Waals surface area contributed by atoms with Gasteiger partial charge in [-0.05, 0) is 49.4 Å². The van der Waals surface area contributed by atoms with Crippen molar-refractivity contribution in [3.05, 3.63) is 28.2 Å². The van der Waals surface area contributed by atoms with E-state index < -0.39 is 10.0 Å². The molecule has 24 heavy (non-hydrogen) atoms. The Morgan fingerprint density at radius 1 is 1.29 bits per heavy atom. The summed E-state index contributed by atoms with van der Waals surface area (Å²) in [5.41, 5.74) is 1.62. The monoisotopic (exact) mass is 416 g/mol. The van der Waals surface area contributed by atoms with Gasteiger partial charge in [-0.3, -0.25) is 4.79 Å². The van der Waals surface area contributed by atoms with E-state index in [4.69, 9.17) is 0 Å². The molecule has 2 rings (SSSR count). The van der Waals surface area contributed by atoms with Crippen LogP contribution in [-0.4, -0.2) is 38.0 Å². The fraction of sp³-hybridized carbons (Fsp3) is 0.588. The molecule has 0 radical (unpaired) electrons. The summed E-state index contributed by atoms with van der Waals surface area (Å²) in [7, 11) is -1.92. The highest BCUT2D eigenvalue weighted by Gasteiger charge is 2.26. The fourth-order valence-corrected chi connectivity index (χ4v) is 5.01. The summed E-state index contributed by atoms with van der Waals surface area (Å²) in [6.45, 7) is 1.73. The highest BCUT2D eigenvalue weighted by Crippen LogP contribution is 2.25. The quantitative estimate of drug-likeness (QED) is 0.770. The molecule has 0 bridgehead atoms. The maximum atomic E-state index is 12.4.